The lowest BCUT2D eigenvalue weighted by Gasteiger charge is -2.16. The van der Waals surface area contributed by atoms with Crippen molar-refractivity contribution in [2.45, 2.75) is 19.3 Å². The van der Waals surface area contributed by atoms with Gasteiger partial charge in [0.05, 0.1) is 0 Å². The molecule has 0 spiro atoms. The summed E-state index contributed by atoms with van der Waals surface area (Å²) in [6.45, 7) is 2.18. The van der Waals surface area contributed by atoms with Gasteiger partial charge in [0, 0.05) is 10.4 Å². The molecule has 0 saturated carbocycles. The second-order valence-corrected chi connectivity index (χ2v) is 5.02. The summed E-state index contributed by atoms with van der Waals surface area (Å²) in [6.07, 6.45) is 1.05. The van der Waals surface area contributed by atoms with Crippen molar-refractivity contribution in [2.75, 3.05) is 0 Å². The Morgan fingerprint density at radius 1 is 0.941 bits per heavy atom. The normalized spacial score (nSPS) is 12.4. The van der Waals surface area contributed by atoms with E-state index in [4.69, 9.17) is 0 Å². The largest absolute Gasteiger partial charge is 0.508 e. The highest BCUT2D eigenvalue weighted by molar-refractivity contribution is 9.10. The molecule has 88 valence electrons. The van der Waals surface area contributed by atoms with E-state index in [1.165, 1.54) is 11.1 Å². The molecule has 0 aromatic heterocycles. The van der Waals surface area contributed by atoms with Crippen LogP contribution in [0.3, 0.4) is 0 Å². The standard InChI is InChI=1S/C15H15BrO/c1-2-15(11-3-7-13(16)8-4-11)12-5-9-14(17)10-6-12/h3-10,15,17H,2H2,1H3. The molecule has 0 saturated heterocycles. The summed E-state index contributed by atoms with van der Waals surface area (Å²) < 4.78 is 1.10. The summed E-state index contributed by atoms with van der Waals surface area (Å²) in [5.41, 5.74) is 2.55. The van der Waals surface area contributed by atoms with Gasteiger partial charge in [-0.25, -0.2) is 0 Å². The molecular formula is C15H15BrO. The van der Waals surface area contributed by atoms with Gasteiger partial charge in [0.1, 0.15) is 5.75 Å². The van der Waals surface area contributed by atoms with Crippen LogP contribution in [0.15, 0.2) is 53.0 Å². The average Bonchev–Trinajstić information content (AvgIpc) is 2.35. The molecule has 2 heteroatoms. The van der Waals surface area contributed by atoms with E-state index in [-0.39, 0.29) is 0 Å². The van der Waals surface area contributed by atoms with Gasteiger partial charge in [-0.1, -0.05) is 47.1 Å². The van der Waals surface area contributed by atoms with Crippen LogP contribution in [-0.4, -0.2) is 5.11 Å². The van der Waals surface area contributed by atoms with Gasteiger partial charge in [-0.15, -0.1) is 0 Å². The second kappa shape index (κ2) is 5.37. The molecule has 17 heavy (non-hydrogen) atoms. The van der Waals surface area contributed by atoms with Crippen molar-refractivity contribution < 1.29 is 5.11 Å². The Morgan fingerprint density at radius 2 is 1.41 bits per heavy atom. The number of benzene rings is 2. The first-order chi connectivity index (χ1) is 8.20. The van der Waals surface area contributed by atoms with E-state index in [1.807, 2.05) is 12.1 Å². The Hall–Kier alpha value is -1.28. The fraction of sp³-hybridized carbons (Fsp3) is 0.200. The van der Waals surface area contributed by atoms with Crippen LogP contribution < -0.4 is 0 Å². The van der Waals surface area contributed by atoms with Crippen LogP contribution in [0.4, 0.5) is 0 Å². The molecule has 0 aliphatic heterocycles. The second-order valence-electron chi connectivity index (χ2n) is 4.10. The molecule has 0 fully saturated rings. The van der Waals surface area contributed by atoms with Crippen molar-refractivity contribution in [1.29, 1.82) is 0 Å². The van der Waals surface area contributed by atoms with Crippen LogP contribution in [-0.2, 0) is 0 Å². The van der Waals surface area contributed by atoms with Gasteiger partial charge in [-0.05, 0) is 41.8 Å². The van der Waals surface area contributed by atoms with Crippen LogP contribution in [0.5, 0.6) is 5.75 Å². The minimum absolute atomic E-state index is 0.319. The monoisotopic (exact) mass is 290 g/mol. The molecule has 2 aromatic carbocycles. The number of rotatable bonds is 3. The smallest absolute Gasteiger partial charge is 0.115 e. The van der Waals surface area contributed by atoms with Gasteiger partial charge in [0.25, 0.3) is 0 Å². The number of halogens is 1. The molecule has 0 amide bonds. The van der Waals surface area contributed by atoms with E-state index in [0.717, 1.165) is 10.9 Å². The lowest BCUT2D eigenvalue weighted by Crippen LogP contribution is -1.99. The van der Waals surface area contributed by atoms with E-state index in [9.17, 15) is 5.11 Å². The Morgan fingerprint density at radius 3 is 1.88 bits per heavy atom. The number of phenolic OH excluding ortho intramolecular Hbond substituents is 1. The van der Waals surface area contributed by atoms with E-state index < -0.39 is 0 Å². The maximum absolute atomic E-state index is 9.31. The highest BCUT2D eigenvalue weighted by Gasteiger charge is 2.11. The average molecular weight is 291 g/mol. The summed E-state index contributed by atoms with van der Waals surface area (Å²) in [7, 11) is 0. The molecule has 0 bridgehead atoms. The van der Waals surface area contributed by atoms with E-state index in [1.54, 1.807) is 12.1 Å². The summed E-state index contributed by atoms with van der Waals surface area (Å²) >= 11 is 3.45. The van der Waals surface area contributed by atoms with E-state index >= 15 is 0 Å². The van der Waals surface area contributed by atoms with Crippen LogP contribution >= 0.6 is 15.9 Å². The summed E-state index contributed by atoms with van der Waals surface area (Å²) in [4.78, 5) is 0. The first-order valence-corrected chi connectivity index (χ1v) is 6.54. The van der Waals surface area contributed by atoms with Crippen LogP contribution in [0.25, 0.3) is 0 Å². The predicted molar refractivity (Wildman–Crippen MR) is 74.4 cm³/mol. The lowest BCUT2D eigenvalue weighted by molar-refractivity contribution is 0.475. The Labute approximate surface area is 110 Å². The van der Waals surface area contributed by atoms with Crippen molar-refractivity contribution in [1.82, 2.24) is 0 Å². The Balaban J connectivity index is 2.33. The highest BCUT2D eigenvalue weighted by atomic mass is 79.9. The van der Waals surface area contributed by atoms with Crippen LogP contribution in [0.1, 0.15) is 30.4 Å². The molecule has 1 unspecified atom stereocenters. The molecule has 0 heterocycles. The third kappa shape index (κ3) is 2.89. The molecular weight excluding hydrogens is 276 g/mol. The van der Waals surface area contributed by atoms with Crippen molar-refractivity contribution in [3.05, 3.63) is 64.1 Å². The number of aromatic hydroxyl groups is 1. The fourth-order valence-corrected chi connectivity index (χ4v) is 2.33. The number of phenols is 1. The van der Waals surface area contributed by atoms with Crippen molar-refractivity contribution in [3.63, 3.8) is 0 Å². The van der Waals surface area contributed by atoms with Gasteiger partial charge < -0.3 is 5.11 Å². The number of hydrogen-bond acceptors (Lipinski definition) is 1. The zero-order chi connectivity index (χ0) is 12.3. The molecule has 0 aliphatic rings. The Kier molecular flexibility index (Phi) is 3.85. The van der Waals surface area contributed by atoms with Gasteiger partial charge in [-0.2, -0.15) is 0 Å². The van der Waals surface area contributed by atoms with Crippen molar-refractivity contribution in [2.24, 2.45) is 0 Å². The lowest BCUT2D eigenvalue weighted by atomic mass is 9.89. The summed E-state index contributed by atoms with van der Waals surface area (Å²) in [5.74, 6) is 0.711. The molecule has 0 radical (unpaired) electrons. The fourth-order valence-electron chi connectivity index (χ4n) is 2.07. The SMILES string of the molecule is CCC(c1ccc(O)cc1)c1ccc(Br)cc1. The first kappa shape index (κ1) is 12.2. The topological polar surface area (TPSA) is 20.2 Å². The van der Waals surface area contributed by atoms with Gasteiger partial charge in [0.2, 0.25) is 0 Å². The Bertz CT molecular complexity index is 428. The first-order valence-electron chi connectivity index (χ1n) is 5.75. The van der Waals surface area contributed by atoms with Gasteiger partial charge in [-0.3, -0.25) is 0 Å². The maximum Gasteiger partial charge on any atom is 0.115 e. The van der Waals surface area contributed by atoms with Crippen molar-refractivity contribution in [3.8, 4) is 5.75 Å². The van der Waals surface area contributed by atoms with Gasteiger partial charge in [0.15, 0.2) is 0 Å². The zero-order valence-corrected chi connectivity index (χ0v) is 11.3. The highest BCUT2D eigenvalue weighted by Crippen LogP contribution is 2.29. The quantitative estimate of drug-likeness (QED) is 0.869. The predicted octanol–water partition coefficient (Wildman–Crippen LogP) is 4.70. The molecule has 1 N–H and O–H groups in total. The van der Waals surface area contributed by atoms with Gasteiger partial charge >= 0.3 is 0 Å². The summed E-state index contributed by atoms with van der Waals surface area (Å²) in [6, 6.07) is 15.9. The zero-order valence-electron chi connectivity index (χ0n) is 9.73. The minimum atomic E-state index is 0.319. The molecule has 1 nitrogen and oxygen atoms in total. The third-order valence-electron chi connectivity index (χ3n) is 2.98. The van der Waals surface area contributed by atoms with Crippen LogP contribution in [0.2, 0.25) is 0 Å². The molecule has 2 aromatic rings. The van der Waals surface area contributed by atoms with E-state index in [0.29, 0.717) is 11.7 Å². The molecule has 2 rings (SSSR count). The van der Waals surface area contributed by atoms with Crippen molar-refractivity contribution >= 4 is 15.9 Å². The maximum atomic E-state index is 9.31. The minimum Gasteiger partial charge on any atom is -0.508 e. The molecule has 1 atom stereocenters. The molecule has 0 aliphatic carbocycles. The third-order valence-corrected chi connectivity index (χ3v) is 3.50. The summed E-state index contributed by atoms with van der Waals surface area (Å²) in [5, 5.41) is 9.31. The van der Waals surface area contributed by atoms with E-state index in [2.05, 4.69) is 47.1 Å². The number of hydrogen-bond donors (Lipinski definition) is 1. The van der Waals surface area contributed by atoms with Crippen LogP contribution in [0, 0.1) is 0 Å².